The van der Waals surface area contributed by atoms with Crippen molar-refractivity contribution in [3.8, 4) is 0 Å². The summed E-state index contributed by atoms with van der Waals surface area (Å²) in [6, 6.07) is 0.283. The van der Waals surface area contributed by atoms with Gasteiger partial charge in [0.25, 0.3) is 0 Å². The number of carbonyl (C=O) groups excluding carboxylic acids is 1. The van der Waals surface area contributed by atoms with E-state index in [2.05, 4.69) is 34.5 Å². The zero-order chi connectivity index (χ0) is 16.7. The third-order valence-electron chi connectivity index (χ3n) is 3.79. The van der Waals surface area contributed by atoms with Crippen molar-refractivity contribution in [1.82, 2.24) is 20.5 Å². The lowest BCUT2D eigenvalue weighted by molar-refractivity contribution is -0.129. The summed E-state index contributed by atoms with van der Waals surface area (Å²) in [6.45, 7) is 9.18. The minimum Gasteiger partial charge on any atom is -0.357 e. The molecule has 1 unspecified atom stereocenters. The molecule has 1 aliphatic rings. The number of rotatable bonds is 6. The summed E-state index contributed by atoms with van der Waals surface area (Å²) in [6.07, 6.45) is 4.32. The number of nitrogens with zero attached hydrogens (tertiary/aromatic N) is 3. The maximum Gasteiger partial charge on any atom is 0.222 e. The maximum absolute atomic E-state index is 11.7. The lowest BCUT2D eigenvalue weighted by Gasteiger charge is -2.18. The molecule has 0 bridgehead atoms. The Morgan fingerprint density at radius 2 is 2.35 bits per heavy atom. The molecule has 1 fully saturated rings. The molecule has 23 heavy (non-hydrogen) atoms. The van der Waals surface area contributed by atoms with E-state index in [9.17, 15) is 4.79 Å². The van der Waals surface area contributed by atoms with Gasteiger partial charge in [0.15, 0.2) is 5.96 Å². The minimum absolute atomic E-state index is 0.232. The van der Waals surface area contributed by atoms with Crippen molar-refractivity contribution in [2.75, 3.05) is 26.2 Å². The van der Waals surface area contributed by atoms with Crippen LogP contribution in [0.3, 0.4) is 0 Å². The van der Waals surface area contributed by atoms with Crippen LogP contribution in [0.15, 0.2) is 11.2 Å². The highest BCUT2D eigenvalue weighted by Crippen LogP contribution is 2.12. The van der Waals surface area contributed by atoms with Gasteiger partial charge in [0.2, 0.25) is 5.91 Å². The summed E-state index contributed by atoms with van der Waals surface area (Å²) >= 11 is 1.73. The monoisotopic (exact) mass is 337 g/mol. The second kappa shape index (κ2) is 8.86. The molecule has 7 heteroatoms. The number of aliphatic imine (C=N–C) groups is 1. The first-order chi connectivity index (χ1) is 11.1. The number of guanidine groups is 1. The van der Waals surface area contributed by atoms with Crippen LogP contribution in [0.5, 0.6) is 0 Å². The van der Waals surface area contributed by atoms with E-state index in [0.29, 0.717) is 13.0 Å². The summed E-state index contributed by atoms with van der Waals surface area (Å²) in [5.41, 5.74) is 0. The van der Waals surface area contributed by atoms with Gasteiger partial charge in [-0.25, -0.2) is 4.98 Å². The highest BCUT2D eigenvalue weighted by Gasteiger charge is 2.25. The van der Waals surface area contributed by atoms with Gasteiger partial charge in [0.1, 0.15) is 0 Å². The summed E-state index contributed by atoms with van der Waals surface area (Å²) in [5, 5.41) is 7.85. The average molecular weight is 337 g/mol. The van der Waals surface area contributed by atoms with E-state index in [1.165, 1.54) is 4.88 Å². The van der Waals surface area contributed by atoms with Crippen molar-refractivity contribution in [1.29, 1.82) is 0 Å². The summed E-state index contributed by atoms with van der Waals surface area (Å²) in [7, 11) is 0. The van der Waals surface area contributed by atoms with E-state index < -0.39 is 0 Å². The van der Waals surface area contributed by atoms with E-state index in [1.807, 2.05) is 18.0 Å². The molecule has 1 atom stereocenters. The van der Waals surface area contributed by atoms with Crippen LogP contribution < -0.4 is 10.6 Å². The predicted molar refractivity (Wildman–Crippen MR) is 94.9 cm³/mol. The molecule has 128 valence electrons. The van der Waals surface area contributed by atoms with E-state index in [0.717, 1.165) is 43.4 Å². The van der Waals surface area contributed by atoms with Crippen LogP contribution in [0.25, 0.3) is 0 Å². The normalized spacial score (nSPS) is 18.3. The van der Waals surface area contributed by atoms with Crippen LogP contribution in [0.2, 0.25) is 0 Å². The molecule has 1 aromatic heterocycles. The van der Waals surface area contributed by atoms with E-state index in [-0.39, 0.29) is 11.9 Å². The van der Waals surface area contributed by atoms with Gasteiger partial charge in [-0.05, 0) is 20.3 Å². The average Bonchev–Trinajstić information content (AvgIpc) is 3.16. The molecule has 0 aliphatic carbocycles. The molecule has 2 heterocycles. The first-order valence-corrected chi connectivity index (χ1v) is 9.18. The number of aryl methyl sites for hydroxylation is 1. The molecule has 2 N–H and O–H groups in total. The lowest BCUT2D eigenvalue weighted by Crippen LogP contribution is -2.45. The van der Waals surface area contributed by atoms with Crippen molar-refractivity contribution in [2.24, 2.45) is 4.99 Å². The number of hydrogen-bond acceptors (Lipinski definition) is 4. The highest BCUT2D eigenvalue weighted by molar-refractivity contribution is 7.11. The number of thiazole rings is 1. The van der Waals surface area contributed by atoms with Crippen molar-refractivity contribution in [2.45, 2.75) is 46.1 Å². The molecule has 0 aromatic carbocycles. The van der Waals surface area contributed by atoms with Crippen LogP contribution >= 0.6 is 11.3 Å². The summed E-state index contributed by atoms with van der Waals surface area (Å²) < 4.78 is 0. The number of nitrogens with one attached hydrogen (secondary N) is 2. The van der Waals surface area contributed by atoms with Crippen molar-refractivity contribution in [3.63, 3.8) is 0 Å². The van der Waals surface area contributed by atoms with Gasteiger partial charge in [-0.2, -0.15) is 0 Å². The van der Waals surface area contributed by atoms with Gasteiger partial charge < -0.3 is 15.5 Å². The van der Waals surface area contributed by atoms with Crippen LogP contribution in [-0.4, -0.2) is 54.0 Å². The van der Waals surface area contributed by atoms with E-state index in [4.69, 9.17) is 0 Å². The predicted octanol–water partition coefficient (Wildman–Crippen LogP) is 1.56. The fraction of sp³-hybridized carbons (Fsp3) is 0.688. The van der Waals surface area contributed by atoms with Crippen molar-refractivity contribution in [3.05, 3.63) is 16.1 Å². The number of amides is 1. The highest BCUT2D eigenvalue weighted by atomic mass is 32.1. The molecule has 2 rings (SSSR count). The fourth-order valence-electron chi connectivity index (χ4n) is 2.62. The van der Waals surface area contributed by atoms with Gasteiger partial charge in [0.05, 0.1) is 5.01 Å². The fourth-order valence-corrected chi connectivity index (χ4v) is 3.40. The van der Waals surface area contributed by atoms with Gasteiger partial charge in [0, 0.05) is 56.1 Å². The van der Waals surface area contributed by atoms with Crippen LogP contribution in [0.1, 0.15) is 36.6 Å². The van der Waals surface area contributed by atoms with Crippen LogP contribution in [0.4, 0.5) is 0 Å². The zero-order valence-electron chi connectivity index (χ0n) is 14.3. The minimum atomic E-state index is 0.232. The SMILES string of the molecule is CCNC(=NCCc1ncc(C)s1)NC1CCN(C(=O)CC)C1. The number of hydrogen-bond donors (Lipinski definition) is 2. The maximum atomic E-state index is 11.7. The molecular formula is C16H27N5OS. The summed E-state index contributed by atoms with van der Waals surface area (Å²) in [5.74, 6) is 1.06. The topological polar surface area (TPSA) is 69.6 Å². The van der Waals surface area contributed by atoms with E-state index >= 15 is 0 Å². The second-order valence-corrected chi connectivity index (χ2v) is 7.02. The van der Waals surface area contributed by atoms with Gasteiger partial charge in [-0.1, -0.05) is 6.92 Å². The Bertz CT molecular complexity index is 542. The molecule has 6 nitrogen and oxygen atoms in total. The quantitative estimate of drug-likeness (QED) is 0.610. The third-order valence-corrected chi connectivity index (χ3v) is 4.77. The Hall–Kier alpha value is -1.63. The molecule has 1 saturated heterocycles. The van der Waals surface area contributed by atoms with Gasteiger partial charge >= 0.3 is 0 Å². The Labute approximate surface area is 142 Å². The zero-order valence-corrected chi connectivity index (χ0v) is 15.1. The Morgan fingerprint density at radius 1 is 1.52 bits per heavy atom. The van der Waals surface area contributed by atoms with Crippen LogP contribution in [-0.2, 0) is 11.2 Å². The van der Waals surface area contributed by atoms with Crippen molar-refractivity contribution < 1.29 is 4.79 Å². The molecule has 0 saturated carbocycles. The Balaban J connectivity index is 1.83. The van der Waals surface area contributed by atoms with Gasteiger partial charge in [-0.15, -0.1) is 11.3 Å². The molecule has 1 aliphatic heterocycles. The van der Waals surface area contributed by atoms with Crippen molar-refractivity contribution >= 4 is 23.2 Å². The number of likely N-dealkylation sites (tertiary alicyclic amines) is 1. The largest absolute Gasteiger partial charge is 0.357 e. The van der Waals surface area contributed by atoms with E-state index in [1.54, 1.807) is 11.3 Å². The molecule has 1 aromatic rings. The molecule has 0 radical (unpaired) electrons. The second-order valence-electron chi connectivity index (χ2n) is 5.70. The first-order valence-electron chi connectivity index (χ1n) is 8.36. The molecule has 0 spiro atoms. The smallest absolute Gasteiger partial charge is 0.222 e. The molecule has 1 amide bonds. The Morgan fingerprint density at radius 3 is 3.00 bits per heavy atom. The third kappa shape index (κ3) is 5.49. The molecular weight excluding hydrogens is 310 g/mol. The Kier molecular flexibility index (Phi) is 6.83. The van der Waals surface area contributed by atoms with Crippen LogP contribution in [0, 0.1) is 6.92 Å². The van der Waals surface area contributed by atoms with Gasteiger partial charge in [-0.3, -0.25) is 9.79 Å². The first kappa shape index (κ1) is 17.7. The standard InChI is InChI=1S/C16H27N5OS/c1-4-15(22)21-9-7-13(11-21)20-16(17-5-2)18-8-6-14-19-10-12(3)23-14/h10,13H,4-9,11H2,1-3H3,(H2,17,18,20). The number of aromatic nitrogens is 1. The summed E-state index contributed by atoms with van der Waals surface area (Å²) in [4.78, 5) is 23.9. The lowest BCUT2D eigenvalue weighted by atomic mass is 10.3. The number of carbonyl (C=O) groups is 1.